The fraction of sp³-hybridized carbons (Fsp3) is 0.167. The molecule has 0 bridgehead atoms. The summed E-state index contributed by atoms with van der Waals surface area (Å²) >= 11 is 0. The first-order valence-corrected chi connectivity index (χ1v) is 5.26. The van der Waals surface area contributed by atoms with E-state index in [2.05, 4.69) is 5.16 Å². The first-order chi connectivity index (χ1) is 8.66. The second-order valence-corrected chi connectivity index (χ2v) is 3.87. The van der Waals surface area contributed by atoms with Crippen LogP contribution in [-0.4, -0.2) is 23.0 Å². The standard InChI is InChI=1S/C12H9NO5/c1-6-2-3-8-11(17-5-16-8)10(6)7-4-9(12(14)15)18-13-7/h2-4H,5H2,1H3,(H,14,15). The molecular weight excluding hydrogens is 238 g/mol. The van der Waals surface area contributed by atoms with Crippen molar-refractivity contribution in [1.82, 2.24) is 5.16 Å². The summed E-state index contributed by atoms with van der Waals surface area (Å²) in [5.41, 5.74) is 2.03. The van der Waals surface area contributed by atoms with Gasteiger partial charge in [-0.05, 0) is 18.6 Å². The largest absolute Gasteiger partial charge is 0.475 e. The van der Waals surface area contributed by atoms with E-state index in [1.165, 1.54) is 6.07 Å². The maximum atomic E-state index is 10.8. The van der Waals surface area contributed by atoms with Gasteiger partial charge in [-0.3, -0.25) is 0 Å². The quantitative estimate of drug-likeness (QED) is 0.874. The molecule has 1 aliphatic heterocycles. The second-order valence-electron chi connectivity index (χ2n) is 3.87. The van der Waals surface area contributed by atoms with Crippen molar-refractivity contribution in [3.05, 3.63) is 29.5 Å². The molecule has 0 atom stereocenters. The van der Waals surface area contributed by atoms with Crippen molar-refractivity contribution in [1.29, 1.82) is 0 Å². The number of carboxylic acid groups (broad SMARTS) is 1. The molecule has 1 aliphatic rings. The van der Waals surface area contributed by atoms with E-state index < -0.39 is 5.97 Å². The van der Waals surface area contributed by atoms with Crippen LogP contribution in [0, 0.1) is 6.92 Å². The highest BCUT2D eigenvalue weighted by Crippen LogP contribution is 2.42. The lowest BCUT2D eigenvalue weighted by Crippen LogP contribution is -1.94. The summed E-state index contributed by atoms with van der Waals surface area (Å²) < 4.78 is 15.4. The summed E-state index contributed by atoms with van der Waals surface area (Å²) in [4.78, 5) is 10.8. The van der Waals surface area contributed by atoms with Crippen LogP contribution in [0.2, 0.25) is 0 Å². The summed E-state index contributed by atoms with van der Waals surface area (Å²) in [6, 6.07) is 5.03. The lowest BCUT2D eigenvalue weighted by Gasteiger charge is -2.05. The molecule has 92 valence electrons. The Kier molecular flexibility index (Phi) is 2.22. The summed E-state index contributed by atoms with van der Waals surface area (Å²) in [7, 11) is 0. The lowest BCUT2D eigenvalue weighted by molar-refractivity contribution is 0.0652. The molecule has 1 aromatic carbocycles. The van der Waals surface area contributed by atoms with Crippen LogP contribution in [0.5, 0.6) is 11.5 Å². The number of benzene rings is 1. The SMILES string of the molecule is Cc1ccc2c(c1-c1cc(C(=O)O)on1)OCO2. The number of hydrogen-bond donors (Lipinski definition) is 1. The van der Waals surface area contributed by atoms with E-state index in [9.17, 15) is 4.79 Å². The molecular formula is C12H9NO5. The normalized spacial score (nSPS) is 12.7. The monoisotopic (exact) mass is 247 g/mol. The van der Waals surface area contributed by atoms with Gasteiger partial charge in [0.25, 0.3) is 0 Å². The molecule has 1 aromatic heterocycles. The van der Waals surface area contributed by atoms with Gasteiger partial charge in [0.1, 0.15) is 5.69 Å². The molecule has 6 heteroatoms. The Morgan fingerprint density at radius 1 is 1.39 bits per heavy atom. The zero-order valence-corrected chi connectivity index (χ0v) is 9.47. The van der Waals surface area contributed by atoms with Gasteiger partial charge in [-0.25, -0.2) is 4.79 Å². The first kappa shape index (κ1) is 10.6. The molecule has 1 N–H and O–H groups in total. The number of aromatic carboxylic acids is 1. The highest BCUT2D eigenvalue weighted by atomic mass is 16.7. The number of fused-ring (bicyclic) bond motifs is 1. The zero-order valence-electron chi connectivity index (χ0n) is 9.47. The van der Waals surface area contributed by atoms with Crippen molar-refractivity contribution in [2.45, 2.75) is 6.92 Å². The van der Waals surface area contributed by atoms with E-state index in [4.69, 9.17) is 19.1 Å². The molecule has 2 aromatic rings. The number of aromatic nitrogens is 1. The number of rotatable bonds is 2. The predicted molar refractivity (Wildman–Crippen MR) is 59.8 cm³/mol. The third kappa shape index (κ3) is 1.50. The minimum absolute atomic E-state index is 0.148. The van der Waals surface area contributed by atoms with Gasteiger partial charge >= 0.3 is 5.97 Å². The zero-order chi connectivity index (χ0) is 12.7. The summed E-state index contributed by atoms with van der Waals surface area (Å²) in [5.74, 6) is -0.173. The van der Waals surface area contributed by atoms with Crippen LogP contribution < -0.4 is 9.47 Å². The van der Waals surface area contributed by atoms with Crippen LogP contribution in [0.3, 0.4) is 0 Å². The Balaban J connectivity index is 2.16. The van der Waals surface area contributed by atoms with E-state index >= 15 is 0 Å². The molecule has 0 amide bonds. The van der Waals surface area contributed by atoms with Crippen molar-refractivity contribution in [2.75, 3.05) is 6.79 Å². The molecule has 0 spiro atoms. The third-order valence-electron chi connectivity index (χ3n) is 2.72. The van der Waals surface area contributed by atoms with Crippen molar-refractivity contribution >= 4 is 5.97 Å². The second kappa shape index (κ2) is 3.76. The van der Waals surface area contributed by atoms with Gasteiger partial charge < -0.3 is 19.1 Å². The highest BCUT2D eigenvalue weighted by molar-refractivity contribution is 5.86. The summed E-state index contributed by atoms with van der Waals surface area (Å²) in [5, 5.41) is 12.6. The van der Waals surface area contributed by atoms with Gasteiger partial charge in [-0.15, -0.1) is 0 Å². The summed E-state index contributed by atoms with van der Waals surface area (Å²) in [6.07, 6.45) is 0. The van der Waals surface area contributed by atoms with Gasteiger partial charge in [0, 0.05) is 6.07 Å². The minimum Gasteiger partial charge on any atom is -0.475 e. The Bertz CT molecular complexity index is 631. The van der Waals surface area contributed by atoms with Gasteiger partial charge in [-0.2, -0.15) is 0 Å². The van der Waals surface area contributed by atoms with E-state index in [0.29, 0.717) is 22.8 Å². The van der Waals surface area contributed by atoms with Crippen LogP contribution in [0.1, 0.15) is 16.1 Å². The smallest absolute Gasteiger partial charge is 0.374 e. The molecule has 0 radical (unpaired) electrons. The van der Waals surface area contributed by atoms with E-state index in [1.54, 1.807) is 6.07 Å². The highest BCUT2D eigenvalue weighted by Gasteiger charge is 2.23. The maximum absolute atomic E-state index is 10.8. The van der Waals surface area contributed by atoms with Crippen molar-refractivity contribution < 1.29 is 23.9 Å². The topological polar surface area (TPSA) is 81.8 Å². The lowest BCUT2D eigenvalue weighted by atomic mass is 10.0. The average Bonchev–Trinajstić information content (AvgIpc) is 2.95. The number of hydrogen-bond acceptors (Lipinski definition) is 5. The molecule has 0 fully saturated rings. The van der Waals surface area contributed by atoms with Gasteiger partial charge in [0.15, 0.2) is 11.5 Å². The fourth-order valence-electron chi connectivity index (χ4n) is 1.88. The van der Waals surface area contributed by atoms with Crippen LogP contribution in [0.4, 0.5) is 0 Å². The Hall–Kier alpha value is -2.50. The minimum atomic E-state index is -1.16. The Labute approximate surface area is 102 Å². The van der Waals surface area contributed by atoms with Crippen molar-refractivity contribution in [2.24, 2.45) is 0 Å². The van der Waals surface area contributed by atoms with Gasteiger partial charge in [0.05, 0.1) is 5.56 Å². The Morgan fingerprint density at radius 2 is 2.22 bits per heavy atom. The van der Waals surface area contributed by atoms with Crippen molar-refractivity contribution in [3.63, 3.8) is 0 Å². The van der Waals surface area contributed by atoms with Crippen LogP contribution >= 0.6 is 0 Å². The molecule has 2 heterocycles. The number of nitrogens with zero attached hydrogens (tertiary/aromatic N) is 1. The number of carboxylic acids is 1. The van der Waals surface area contributed by atoms with Crippen LogP contribution in [0.15, 0.2) is 22.7 Å². The molecule has 0 saturated heterocycles. The molecule has 6 nitrogen and oxygen atoms in total. The van der Waals surface area contributed by atoms with Gasteiger partial charge in [0.2, 0.25) is 12.6 Å². The fourth-order valence-corrected chi connectivity index (χ4v) is 1.88. The van der Waals surface area contributed by atoms with Crippen LogP contribution in [-0.2, 0) is 0 Å². The number of carbonyl (C=O) groups is 1. The number of ether oxygens (including phenoxy) is 2. The van der Waals surface area contributed by atoms with Crippen molar-refractivity contribution in [3.8, 4) is 22.8 Å². The maximum Gasteiger partial charge on any atom is 0.374 e. The van der Waals surface area contributed by atoms with E-state index in [-0.39, 0.29) is 12.6 Å². The van der Waals surface area contributed by atoms with E-state index in [1.807, 2.05) is 13.0 Å². The Morgan fingerprint density at radius 3 is 2.94 bits per heavy atom. The summed E-state index contributed by atoms with van der Waals surface area (Å²) in [6.45, 7) is 2.03. The van der Waals surface area contributed by atoms with Crippen LogP contribution in [0.25, 0.3) is 11.3 Å². The molecule has 0 aliphatic carbocycles. The molecule has 0 saturated carbocycles. The van der Waals surface area contributed by atoms with Gasteiger partial charge in [-0.1, -0.05) is 11.2 Å². The third-order valence-corrected chi connectivity index (χ3v) is 2.72. The number of aryl methyl sites for hydroxylation is 1. The predicted octanol–water partition coefficient (Wildman–Crippen LogP) is 2.08. The average molecular weight is 247 g/mol. The van der Waals surface area contributed by atoms with E-state index in [0.717, 1.165) is 5.56 Å². The molecule has 0 unspecified atom stereocenters. The molecule has 3 rings (SSSR count). The molecule has 18 heavy (non-hydrogen) atoms. The first-order valence-electron chi connectivity index (χ1n) is 5.26.